The van der Waals surface area contributed by atoms with Crippen LogP contribution in [-0.2, 0) is 4.84 Å². The van der Waals surface area contributed by atoms with Gasteiger partial charge in [0.2, 0.25) is 0 Å². The molecule has 0 aromatic carbocycles. The Balaban J connectivity index is 2.36. The highest BCUT2D eigenvalue weighted by atomic mass is 16.6. The molecule has 0 radical (unpaired) electrons. The van der Waals surface area contributed by atoms with Gasteiger partial charge in [-0.15, -0.1) is 0 Å². The Morgan fingerprint density at radius 3 is 2.25 bits per heavy atom. The lowest BCUT2D eigenvalue weighted by atomic mass is 9.72. The molecule has 0 heterocycles. The highest BCUT2D eigenvalue weighted by Crippen LogP contribution is 2.39. The summed E-state index contributed by atoms with van der Waals surface area (Å²) in [7, 11) is 0. The molecule has 1 unspecified atom stereocenters. The third-order valence-corrected chi connectivity index (χ3v) is 3.26. The van der Waals surface area contributed by atoms with Gasteiger partial charge in [0, 0.05) is 0 Å². The van der Waals surface area contributed by atoms with Gasteiger partial charge in [-0.3, -0.25) is 0 Å². The van der Waals surface area contributed by atoms with E-state index in [0.29, 0.717) is 11.3 Å². The maximum Gasteiger partial charge on any atom is 0.0787 e. The second-order valence-corrected chi connectivity index (χ2v) is 4.84. The van der Waals surface area contributed by atoms with Crippen LogP contribution in [0.5, 0.6) is 0 Å². The third kappa shape index (κ3) is 2.46. The van der Waals surface area contributed by atoms with Crippen LogP contribution < -0.4 is 5.90 Å². The van der Waals surface area contributed by atoms with Gasteiger partial charge in [0.25, 0.3) is 0 Å². The number of hydrogen-bond donors (Lipinski definition) is 1. The molecule has 0 amide bonds. The summed E-state index contributed by atoms with van der Waals surface area (Å²) in [6.45, 7) is 6.76. The zero-order chi connectivity index (χ0) is 9.19. The largest absolute Gasteiger partial charge is 0.301 e. The molecule has 1 fully saturated rings. The van der Waals surface area contributed by atoms with Crippen molar-refractivity contribution in [2.75, 3.05) is 0 Å². The molecule has 0 aromatic heterocycles. The lowest BCUT2D eigenvalue weighted by Crippen LogP contribution is -2.30. The maximum absolute atomic E-state index is 5.17. The molecule has 12 heavy (non-hydrogen) atoms. The first-order valence-electron chi connectivity index (χ1n) is 4.91. The summed E-state index contributed by atoms with van der Waals surface area (Å²) >= 11 is 0. The number of nitrogens with two attached hydrogens (primary N) is 1. The molecule has 0 bridgehead atoms. The van der Waals surface area contributed by atoms with Crippen LogP contribution in [-0.4, -0.2) is 6.10 Å². The Kier molecular flexibility index (Phi) is 3.13. The monoisotopic (exact) mass is 171 g/mol. The van der Waals surface area contributed by atoms with Crippen LogP contribution in [0.1, 0.15) is 46.5 Å². The average Bonchev–Trinajstić information content (AvgIpc) is 2.03. The van der Waals surface area contributed by atoms with Crippen LogP contribution in [0.25, 0.3) is 0 Å². The minimum absolute atomic E-state index is 0.237. The van der Waals surface area contributed by atoms with Crippen molar-refractivity contribution in [3.8, 4) is 0 Å². The molecule has 0 saturated heterocycles. The molecule has 1 atom stereocenters. The molecular formula is C10H21NO. The fourth-order valence-electron chi connectivity index (χ4n) is 2.00. The summed E-state index contributed by atoms with van der Waals surface area (Å²) < 4.78 is 0. The van der Waals surface area contributed by atoms with E-state index < -0.39 is 0 Å². The summed E-state index contributed by atoms with van der Waals surface area (Å²) in [5.74, 6) is 5.85. The molecule has 2 heteroatoms. The first-order valence-corrected chi connectivity index (χ1v) is 4.91. The van der Waals surface area contributed by atoms with Crippen molar-refractivity contribution in [1.29, 1.82) is 0 Å². The first kappa shape index (κ1) is 10.0. The van der Waals surface area contributed by atoms with Gasteiger partial charge in [-0.1, -0.05) is 13.8 Å². The van der Waals surface area contributed by atoms with Gasteiger partial charge in [-0.25, -0.2) is 5.90 Å². The minimum Gasteiger partial charge on any atom is -0.301 e. The Bertz CT molecular complexity index is 135. The van der Waals surface area contributed by atoms with Crippen LogP contribution in [0.4, 0.5) is 0 Å². The predicted molar refractivity (Wildman–Crippen MR) is 50.5 cm³/mol. The van der Waals surface area contributed by atoms with E-state index >= 15 is 0 Å². The summed E-state index contributed by atoms with van der Waals surface area (Å²) in [6, 6.07) is 0. The van der Waals surface area contributed by atoms with Crippen molar-refractivity contribution >= 4 is 0 Å². The van der Waals surface area contributed by atoms with Gasteiger partial charge in [0.05, 0.1) is 6.10 Å². The van der Waals surface area contributed by atoms with Gasteiger partial charge < -0.3 is 4.84 Å². The molecule has 2 N–H and O–H groups in total. The van der Waals surface area contributed by atoms with Gasteiger partial charge in [-0.2, -0.15) is 0 Å². The minimum atomic E-state index is 0.237. The van der Waals surface area contributed by atoms with E-state index in [0.717, 1.165) is 0 Å². The van der Waals surface area contributed by atoms with E-state index in [2.05, 4.69) is 20.8 Å². The van der Waals surface area contributed by atoms with Crippen LogP contribution in [0.2, 0.25) is 0 Å². The van der Waals surface area contributed by atoms with Crippen molar-refractivity contribution < 1.29 is 4.84 Å². The lowest BCUT2D eigenvalue weighted by molar-refractivity contribution is -0.000921. The quantitative estimate of drug-likeness (QED) is 0.648. The third-order valence-electron chi connectivity index (χ3n) is 3.26. The maximum atomic E-state index is 5.17. The zero-order valence-corrected chi connectivity index (χ0v) is 8.47. The van der Waals surface area contributed by atoms with Gasteiger partial charge in [0.1, 0.15) is 0 Å². The number of hydrogen-bond acceptors (Lipinski definition) is 2. The standard InChI is InChI=1S/C10H21NO/c1-8(12-11)9-4-6-10(2,3)7-5-9/h8-9H,4-7,11H2,1-3H3. The van der Waals surface area contributed by atoms with Crippen molar-refractivity contribution in [3.63, 3.8) is 0 Å². The molecule has 0 aliphatic heterocycles. The molecule has 1 aliphatic carbocycles. The molecular weight excluding hydrogens is 150 g/mol. The summed E-state index contributed by atoms with van der Waals surface area (Å²) in [6.07, 6.45) is 5.40. The van der Waals surface area contributed by atoms with Crippen molar-refractivity contribution in [3.05, 3.63) is 0 Å². The normalized spacial score (nSPS) is 27.0. The molecule has 1 rings (SSSR count). The first-order chi connectivity index (χ1) is 5.55. The van der Waals surface area contributed by atoms with E-state index in [9.17, 15) is 0 Å². The van der Waals surface area contributed by atoms with E-state index in [-0.39, 0.29) is 6.10 Å². The highest BCUT2D eigenvalue weighted by Gasteiger charge is 2.29. The Labute approximate surface area is 75.4 Å². The van der Waals surface area contributed by atoms with E-state index in [1.54, 1.807) is 0 Å². The van der Waals surface area contributed by atoms with E-state index in [1.807, 2.05) is 0 Å². The molecule has 1 saturated carbocycles. The molecule has 1 aliphatic rings. The molecule has 2 nitrogen and oxygen atoms in total. The van der Waals surface area contributed by atoms with Gasteiger partial charge in [-0.05, 0) is 43.9 Å². The van der Waals surface area contributed by atoms with Crippen molar-refractivity contribution in [2.45, 2.75) is 52.6 Å². The second-order valence-electron chi connectivity index (χ2n) is 4.84. The molecule has 0 spiro atoms. The van der Waals surface area contributed by atoms with Gasteiger partial charge >= 0.3 is 0 Å². The fraction of sp³-hybridized carbons (Fsp3) is 1.00. The Hall–Kier alpha value is -0.0800. The Morgan fingerprint density at radius 1 is 1.33 bits per heavy atom. The van der Waals surface area contributed by atoms with Crippen LogP contribution in [0, 0.1) is 11.3 Å². The Morgan fingerprint density at radius 2 is 1.83 bits per heavy atom. The molecule has 0 aromatic rings. The van der Waals surface area contributed by atoms with Crippen LogP contribution in [0.15, 0.2) is 0 Å². The van der Waals surface area contributed by atoms with Gasteiger partial charge in [0.15, 0.2) is 0 Å². The second kappa shape index (κ2) is 3.75. The summed E-state index contributed by atoms with van der Waals surface area (Å²) in [5, 5.41) is 0. The predicted octanol–water partition coefficient (Wildman–Crippen LogP) is 2.48. The topological polar surface area (TPSA) is 35.2 Å². The summed E-state index contributed by atoms with van der Waals surface area (Å²) in [4.78, 5) is 4.86. The van der Waals surface area contributed by atoms with E-state index in [1.165, 1.54) is 25.7 Å². The van der Waals surface area contributed by atoms with E-state index in [4.69, 9.17) is 10.7 Å². The van der Waals surface area contributed by atoms with Crippen molar-refractivity contribution in [2.24, 2.45) is 17.2 Å². The fourth-order valence-corrected chi connectivity index (χ4v) is 2.00. The molecule has 72 valence electrons. The highest BCUT2D eigenvalue weighted by molar-refractivity contribution is 4.80. The summed E-state index contributed by atoms with van der Waals surface area (Å²) in [5.41, 5.74) is 0.546. The number of rotatable bonds is 2. The van der Waals surface area contributed by atoms with Crippen LogP contribution in [0.3, 0.4) is 0 Å². The zero-order valence-electron chi connectivity index (χ0n) is 8.47. The smallest absolute Gasteiger partial charge is 0.0787 e. The SMILES string of the molecule is CC(ON)C1CCC(C)(C)CC1. The lowest BCUT2D eigenvalue weighted by Gasteiger charge is -2.36. The average molecular weight is 171 g/mol. The van der Waals surface area contributed by atoms with Crippen molar-refractivity contribution in [1.82, 2.24) is 0 Å². The van der Waals surface area contributed by atoms with Crippen LogP contribution >= 0.6 is 0 Å².